The van der Waals surface area contributed by atoms with E-state index in [0.29, 0.717) is 19.3 Å². The highest BCUT2D eigenvalue weighted by molar-refractivity contribution is 5.80. The second kappa shape index (κ2) is 49.3. The molecule has 0 aromatic rings. The van der Waals surface area contributed by atoms with Crippen LogP contribution in [-0.4, -0.2) is 57.3 Å². The molecule has 1 amide bonds. The highest BCUT2D eigenvalue weighted by Gasteiger charge is 2.28. The van der Waals surface area contributed by atoms with Gasteiger partial charge < -0.3 is 25.7 Å². The van der Waals surface area contributed by atoms with Crippen LogP contribution in [0.25, 0.3) is 0 Å². The summed E-state index contributed by atoms with van der Waals surface area (Å²) in [4.78, 5) is 12.5. The van der Waals surface area contributed by atoms with E-state index in [9.17, 15) is 25.2 Å². The van der Waals surface area contributed by atoms with E-state index in [0.717, 1.165) is 57.8 Å². The van der Waals surface area contributed by atoms with Crippen LogP contribution in [-0.2, 0) is 4.79 Å². The molecule has 0 aliphatic carbocycles. The topological polar surface area (TPSA) is 110 Å². The van der Waals surface area contributed by atoms with Crippen molar-refractivity contribution in [2.45, 2.75) is 289 Å². The molecule has 6 nitrogen and oxygen atoms in total. The Balaban J connectivity index is 3.70. The number of unbranched alkanes of at least 4 members (excludes halogenated alkanes) is 31. The zero-order valence-corrected chi connectivity index (χ0v) is 40.4. The Labute approximate surface area is 379 Å². The van der Waals surface area contributed by atoms with Gasteiger partial charge in [0, 0.05) is 0 Å². The van der Waals surface area contributed by atoms with Crippen LogP contribution in [0.2, 0.25) is 0 Å². The first-order valence-corrected chi connectivity index (χ1v) is 26.5. The van der Waals surface area contributed by atoms with Gasteiger partial charge in [-0.2, -0.15) is 0 Å². The number of allylic oxidation sites excluding steroid dienone is 8. The van der Waals surface area contributed by atoms with Crippen LogP contribution in [0.15, 0.2) is 48.6 Å². The maximum absolute atomic E-state index is 12.5. The summed E-state index contributed by atoms with van der Waals surface area (Å²) in [6, 6.07) is -1.01. The second-order valence-electron chi connectivity index (χ2n) is 18.2. The van der Waals surface area contributed by atoms with Crippen LogP contribution in [0.5, 0.6) is 0 Å². The number of aliphatic hydroxyl groups excluding tert-OH is 4. The van der Waals surface area contributed by atoms with Crippen molar-refractivity contribution >= 4 is 5.91 Å². The number of carbonyl (C=O) groups is 1. The zero-order valence-electron chi connectivity index (χ0n) is 40.4. The van der Waals surface area contributed by atoms with Crippen LogP contribution >= 0.6 is 0 Å². The van der Waals surface area contributed by atoms with Gasteiger partial charge in [0.25, 0.3) is 0 Å². The van der Waals surface area contributed by atoms with E-state index >= 15 is 0 Å². The minimum Gasteiger partial charge on any atom is -0.394 e. The lowest BCUT2D eigenvalue weighted by Crippen LogP contribution is -2.53. The minimum absolute atomic E-state index is 0.346. The van der Waals surface area contributed by atoms with Crippen molar-refractivity contribution in [1.82, 2.24) is 5.32 Å². The SMILES string of the molecule is CCCCC/C=C\C/C=C\CCCCCCCCC(O)C(=O)NC(CO)C(O)C(O)CCC/C=C/CC/C=C/CCCCCCCCCCCCCCCCCCCCCC. The van der Waals surface area contributed by atoms with Gasteiger partial charge in [-0.05, 0) is 83.5 Å². The van der Waals surface area contributed by atoms with Gasteiger partial charge in [-0.15, -0.1) is 0 Å². The summed E-state index contributed by atoms with van der Waals surface area (Å²) in [7, 11) is 0. The molecule has 0 bridgehead atoms. The van der Waals surface area contributed by atoms with Crippen LogP contribution in [0.1, 0.15) is 264 Å². The largest absolute Gasteiger partial charge is 0.394 e. The fourth-order valence-electron chi connectivity index (χ4n) is 8.04. The first-order valence-electron chi connectivity index (χ1n) is 26.5. The standard InChI is InChI=1S/C55H103NO5/c1-3-5-7-9-11-13-15-17-19-21-22-23-24-25-26-27-28-29-30-31-32-33-35-36-38-40-42-44-46-48-52(58)54(60)51(50-57)56-55(61)53(59)49-47-45-43-41-39-37-34-20-18-16-14-12-10-8-6-4-2/h12,14,18,20,33,35,40,42,51-54,57-60H,3-11,13,15-17,19,21-32,34,36-39,41,43-50H2,1-2H3,(H,56,61)/b14-12-,20-18-,35-33+,42-40+. The Kier molecular flexibility index (Phi) is 47.9. The number of hydrogen-bond acceptors (Lipinski definition) is 5. The maximum atomic E-state index is 12.5. The highest BCUT2D eigenvalue weighted by Crippen LogP contribution is 2.16. The lowest BCUT2D eigenvalue weighted by Gasteiger charge is -2.27. The van der Waals surface area contributed by atoms with Gasteiger partial charge >= 0.3 is 0 Å². The lowest BCUT2D eigenvalue weighted by atomic mass is 10.00. The third kappa shape index (κ3) is 43.3. The van der Waals surface area contributed by atoms with E-state index < -0.39 is 36.9 Å². The van der Waals surface area contributed by atoms with Crippen molar-refractivity contribution < 1.29 is 25.2 Å². The Morgan fingerprint density at radius 3 is 1.16 bits per heavy atom. The van der Waals surface area contributed by atoms with Crippen LogP contribution < -0.4 is 5.32 Å². The Morgan fingerprint density at radius 1 is 0.410 bits per heavy atom. The summed E-state index contributed by atoms with van der Waals surface area (Å²) >= 11 is 0. The summed E-state index contributed by atoms with van der Waals surface area (Å²) in [6.45, 7) is 4.02. The molecule has 0 aromatic carbocycles. The van der Waals surface area contributed by atoms with Crippen LogP contribution in [0, 0.1) is 0 Å². The smallest absolute Gasteiger partial charge is 0.249 e. The second-order valence-corrected chi connectivity index (χ2v) is 18.2. The molecule has 61 heavy (non-hydrogen) atoms. The maximum Gasteiger partial charge on any atom is 0.249 e. The van der Waals surface area contributed by atoms with E-state index in [1.807, 2.05) is 0 Å². The van der Waals surface area contributed by atoms with Gasteiger partial charge in [0.1, 0.15) is 12.2 Å². The quantitative estimate of drug-likeness (QED) is 0.0309. The molecular weight excluding hydrogens is 755 g/mol. The number of rotatable bonds is 48. The summed E-state index contributed by atoms with van der Waals surface area (Å²) in [5.74, 6) is -0.606. The predicted molar refractivity (Wildman–Crippen MR) is 265 cm³/mol. The van der Waals surface area contributed by atoms with E-state index in [2.05, 4.69) is 67.8 Å². The van der Waals surface area contributed by atoms with Crippen molar-refractivity contribution in [3.05, 3.63) is 48.6 Å². The first-order chi connectivity index (χ1) is 30.0. The Morgan fingerprint density at radius 2 is 0.738 bits per heavy atom. The average molecular weight is 858 g/mol. The molecule has 0 rings (SSSR count). The number of aliphatic hydroxyl groups is 4. The summed E-state index contributed by atoms with van der Waals surface area (Å²) in [5.41, 5.74) is 0. The van der Waals surface area contributed by atoms with E-state index in [1.54, 1.807) is 0 Å². The summed E-state index contributed by atoms with van der Waals surface area (Å²) in [6.07, 6.45) is 61.8. The fourth-order valence-corrected chi connectivity index (χ4v) is 8.04. The molecular formula is C55H103NO5. The molecule has 0 saturated heterocycles. The van der Waals surface area contributed by atoms with Gasteiger partial charge in [-0.25, -0.2) is 0 Å². The van der Waals surface area contributed by atoms with E-state index in [-0.39, 0.29) is 0 Å². The van der Waals surface area contributed by atoms with Crippen LogP contribution in [0.4, 0.5) is 0 Å². The van der Waals surface area contributed by atoms with Crippen molar-refractivity contribution in [3.8, 4) is 0 Å². The Bertz CT molecular complexity index is 1010. The Hall–Kier alpha value is -1.73. The zero-order chi connectivity index (χ0) is 44.5. The van der Waals surface area contributed by atoms with Crippen molar-refractivity contribution in [2.75, 3.05) is 6.61 Å². The molecule has 358 valence electrons. The van der Waals surface area contributed by atoms with Gasteiger partial charge in [0.15, 0.2) is 0 Å². The van der Waals surface area contributed by atoms with Crippen LogP contribution in [0.3, 0.4) is 0 Å². The molecule has 0 heterocycles. The average Bonchev–Trinajstić information content (AvgIpc) is 3.26. The first kappa shape index (κ1) is 59.3. The van der Waals surface area contributed by atoms with E-state index in [4.69, 9.17) is 0 Å². The van der Waals surface area contributed by atoms with E-state index in [1.165, 1.54) is 173 Å². The van der Waals surface area contributed by atoms with Crippen molar-refractivity contribution in [3.63, 3.8) is 0 Å². The van der Waals surface area contributed by atoms with Crippen molar-refractivity contribution in [1.29, 1.82) is 0 Å². The monoisotopic (exact) mass is 858 g/mol. The molecule has 6 heteroatoms. The number of nitrogens with one attached hydrogen (secondary N) is 1. The molecule has 4 atom stereocenters. The fraction of sp³-hybridized carbons (Fsp3) is 0.836. The number of amides is 1. The molecule has 0 aliphatic rings. The van der Waals surface area contributed by atoms with Gasteiger partial charge in [0.2, 0.25) is 5.91 Å². The third-order valence-electron chi connectivity index (χ3n) is 12.2. The molecule has 0 saturated carbocycles. The lowest BCUT2D eigenvalue weighted by molar-refractivity contribution is -0.132. The molecule has 0 spiro atoms. The highest BCUT2D eigenvalue weighted by atomic mass is 16.3. The molecule has 0 radical (unpaired) electrons. The normalized spacial score (nSPS) is 14.3. The van der Waals surface area contributed by atoms with Gasteiger partial charge in [0.05, 0.1) is 18.8 Å². The van der Waals surface area contributed by atoms with Gasteiger partial charge in [-0.1, -0.05) is 229 Å². The summed E-state index contributed by atoms with van der Waals surface area (Å²) < 4.78 is 0. The van der Waals surface area contributed by atoms with Crippen molar-refractivity contribution in [2.24, 2.45) is 0 Å². The third-order valence-corrected chi connectivity index (χ3v) is 12.2. The molecule has 0 aromatic heterocycles. The summed E-state index contributed by atoms with van der Waals surface area (Å²) in [5, 5.41) is 43.8. The minimum atomic E-state index is -1.30. The molecule has 0 fully saturated rings. The number of carbonyl (C=O) groups excluding carboxylic acids is 1. The molecule has 0 aliphatic heterocycles. The molecule has 4 unspecified atom stereocenters. The van der Waals surface area contributed by atoms with Gasteiger partial charge in [-0.3, -0.25) is 4.79 Å². The number of hydrogen-bond donors (Lipinski definition) is 5. The predicted octanol–water partition coefficient (Wildman–Crippen LogP) is 15.0. The molecule has 5 N–H and O–H groups in total.